The van der Waals surface area contributed by atoms with Gasteiger partial charge in [0.15, 0.2) is 6.10 Å². The highest BCUT2D eigenvalue weighted by molar-refractivity contribution is 7.47. The molecule has 0 fully saturated rings. The van der Waals surface area contributed by atoms with E-state index in [1.54, 1.807) is 0 Å². The van der Waals surface area contributed by atoms with Gasteiger partial charge in [0.05, 0.1) is 27.7 Å². The number of ether oxygens (including phenoxy) is 2. The fraction of sp³-hybridized carbons (Fsp3) is 0.956. The summed E-state index contributed by atoms with van der Waals surface area (Å²) in [6.45, 7) is 4.44. The van der Waals surface area contributed by atoms with Gasteiger partial charge in [0, 0.05) is 12.8 Å². The van der Waals surface area contributed by atoms with Crippen molar-refractivity contribution in [3.8, 4) is 0 Å². The van der Waals surface area contributed by atoms with Gasteiger partial charge in [0.1, 0.15) is 19.8 Å². The van der Waals surface area contributed by atoms with Gasteiger partial charge in [-0.3, -0.25) is 18.6 Å². The molecule has 0 rings (SSSR count). The number of phosphoric acid groups is 1. The van der Waals surface area contributed by atoms with Gasteiger partial charge in [-0.15, -0.1) is 0 Å². The first-order valence-corrected chi connectivity index (χ1v) is 24.8. The Hall–Kier alpha value is -0.990. The number of carbonyl (C=O) groups is 2. The van der Waals surface area contributed by atoms with E-state index < -0.39 is 26.5 Å². The maximum Gasteiger partial charge on any atom is 0.472 e. The number of hydrogen-bond acceptors (Lipinski definition) is 7. The van der Waals surface area contributed by atoms with Crippen LogP contribution in [-0.4, -0.2) is 74.9 Å². The molecule has 0 amide bonds. The van der Waals surface area contributed by atoms with E-state index in [1.807, 2.05) is 21.1 Å². The van der Waals surface area contributed by atoms with Crippen LogP contribution in [0.4, 0.5) is 0 Å². The smallest absolute Gasteiger partial charge is 0.462 e. The number of esters is 2. The minimum atomic E-state index is -4.36. The predicted octanol–water partition coefficient (Wildman–Crippen LogP) is 13.2. The number of nitrogens with zero attached hydrogens (tertiary/aromatic N) is 1. The van der Waals surface area contributed by atoms with Gasteiger partial charge in [0.25, 0.3) is 0 Å². The van der Waals surface area contributed by atoms with Gasteiger partial charge in [-0.1, -0.05) is 200 Å². The Bertz CT molecular complexity index is 912. The second-order valence-corrected chi connectivity index (χ2v) is 18.6. The van der Waals surface area contributed by atoms with E-state index in [0.717, 1.165) is 38.5 Å². The second kappa shape index (κ2) is 38.5. The minimum Gasteiger partial charge on any atom is -0.462 e. The van der Waals surface area contributed by atoms with Gasteiger partial charge >= 0.3 is 19.8 Å². The maximum atomic E-state index is 12.7. The Morgan fingerprint density at radius 2 is 0.818 bits per heavy atom. The molecule has 9 nitrogen and oxygen atoms in total. The van der Waals surface area contributed by atoms with Crippen molar-refractivity contribution in [1.82, 2.24) is 0 Å². The average Bonchev–Trinajstić information content (AvgIpc) is 3.13. The Morgan fingerprint density at radius 1 is 0.491 bits per heavy atom. The molecular weight excluding hydrogens is 713 g/mol. The van der Waals surface area contributed by atoms with Crippen molar-refractivity contribution in [3.05, 3.63) is 0 Å². The minimum absolute atomic E-state index is 0.0367. The number of unbranched alkanes of at least 4 members (excludes halogenated alkanes) is 29. The van der Waals surface area contributed by atoms with Crippen molar-refractivity contribution < 1.29 is 42.1 Å². The zero-order valence-electron chi connectivity index (χ0n) is 36.9. The SMILES string of the molecule is CCCCCCCCCCCCCCCCCCCCCCCCC(=O)O[C@H](COC(=O)CCCCCCCCCCC)COP(=O)(O)OCC[N+](C)(C)C. The van der Waals surface area contributed by atoms with Crippen LogP contribution >= 0.6 is 7.82 Å². The van der Waals surface area contributed by atoms with E-state index in [4.69, 9.17) is 18.5 Å². The molecular formula is C45H91NO8P+. The molecule has 1 unspecified atom stereocenters. The Kier molecular flexibility index (Phi) is 37.8. The lowest BCUT2D eigenvalue weighted by atomic mass is 10.0. The first-order valence-electron chi connectivity index (χ1n) is 23.3. The van der Waals surface area contributed by atoms with Crippen LogP contribution in [0.3, 0.4) is 0 Å². The zero-order valence-corrected chi connectivity index (χ0v) is 37.8. The molecule has 0 aliphatic rings. The zero-order chi connectivity index (χ0) is 40.7. The summed E-state index contributed by atoms with van der Waals surface area (Å²) in [6, 6.07) is 0. The molecule has 0 bridgehead atoms. The summed E-state index contributed by atoms with van der Waals surface area (Å²) in [6.07, 6.45) is 38.8. The summed E-state index contributed by atoms with van der Waals surface area (Å²) in [4.78, 5) is 35.3. The van der Waals surface area contributed by atoms with Crippen LogP contribution in [0.1, 0.15) is 226 Å². The van der Waals surface area contributed by atoms with Crippen molar-refractivity contribution in [3.63, 3.8) is 0 Å². The van der Waals surface area contributed by atoms with Crippen LogP contribution in [0.2, 0.25) is 0 Å². The summed E-state index contributed by atoms with van der Waals surface area (Å²) in [5, 5.41) is 0. The van der Waals surface area contributed by atoms with E-state index in [1.165, 1.54) is 161 Å². The van der Waals surface area contributed by atoms with E-state index in [0.29, 0.717) is 17.4 Å². The van der Waals surface area contributed by atoms with Gasteiger partial charge in [-0.2, -0.15) is 0 Å². The van der Waals surface area contributed by atoms with E-state index in [-0.39, 0.29) is 25.6 Å². The highest BCUT2D eigenvalue weighted by Gasteiger charge is 2.27. The van der Waals surface area contributed by atoms with E-state index >= 15 is 0 Å². The number of hydrogen-bond donors (Lipinski definition) is 1. The van der Waals surface area contributed by atoms with Crippen molar-refractivity contribution in [2.45, 2.75) is 232 Å². The summed E-state index contributed by atoms with van der Waals surface area (Å²) in [5.41, 5.74) is 0. The number of quaternary nitrogens is 1. The Balaban J connectivity index is 4.15. The fourth-order valence-electron chi connectivity index (χ4n) is 6.72. The molecule has 0 aromatic carbocycles. The summed E-state index contributed by atoms with van der Waals surface area (Å²) < 4.78 is 34.3. The third-order valence-electron chi connectivity index (χ3n) is 10.4. The molecule has 1 N–H and O–H groups in total. The topological polar surface area (TPSA) is 108 Å². The molecule has 55 heavy (non-hydrogen) atoms. The van der Waals surface area contributed by atoms with Crippen LogP contribution in [0.25, 0.3) is 0 Å². The molecule has 0 saturated carbocycles. The highest BCUT2D eigenvalue weighted by atomic mass is 31.2. The molecule has 0 radical (unpaired) electrons. The number of carbonyl (C=O) groups excluding carboxylic acids is 2. The second-order valence-electron chi connectivity index (χ2n) is 17.2. The Morgan fingerprint density at radius 3 is 1.16 bits per heavy atom. The molecule has 328 valence electrons. The molecule has 0 aliphatic heterocycles. The van der Waals surface area contributed by atoms with Crippen LogP contribution in [0.15, 0.2) is 0 Å². The van der Waals surface area contributed by atoms with Crippen LogP contribution in [0, 0.1) is 0 Å². The van der Waals surface area contributed by atoms with Crippen LogP contribution < -0.4 is 0 Å². The standard InChI is InChI=1S/C45H90NO8P/c1-6-8-10-12-14-16-17-18-19-20-21-22-23-24-25-26-27-28-30-32-34-36-38-45(48)54-43(42-53-55(49,50)52-40-39-46(3,4)5)41-51-44(47)37-35-33-31-29-15-13-11-9-7-2/h43H,6-42H2,1-5H3/p+1/t43-/m1/s1. The fourth-order valence-corrected chi connectivity index (χ4v) is 7.46. The molecule has 10 heteroatoms. The summed E-state index contributed by atoms with van der Waals surface area (Å²) >= 11 is 0. The van der Waals surface area contributed by atoms with Gasteiger partial charge in [-0.25, -0.2) is 4.57 Å². The molecule has 0 heterocycles. The van der Waals surface area contributed by atoms with Gasteiger partial charge in [-0.05, 0) is 12.8 Å². The first kappa shape index (κ1) is 54.0. The summed E-state index contributed by atoms with van der Waals surface area (Å²) in [7, 11) is 1.49. The lowest BCUT2D eigenvalue weighted by molar-refractivity contribution is -0.870. The largest absolute Gasteiger partial charge is 0.472 e. The van der Waals surface area contributed by atoms with Crippen LogP contribution in [-0.2, 0) is 32.7 Å². The number of rotatable bonds is 43. The number of likely N-dealkylation sites (N-methyl/N-ethyl adjacent to an activating group) is 1. The molecule has 0 aromatic heterocycles. The third-order valence-corrected chi connectivity index (χ3v) is 11.4. The van der Waals surface area contributed by atoms with E-state index in [2.05, 4.69) is 13.8 Å². The first-order chi connectivity index (χ1) is 26.5. The Labute approximate surface area is 340 Å². The van der Waals surface area contributed by atoms with Crippen molar-refractivity contribution in [2.75, 3.05) is 47.5 Å². The lowest BCUT2D eigenvalue weighted by Crippen LogP contribution is -2.37. The van der Waals surface area contributed by atoms with Gasteiger partial charge in [0.2, 0.25) is 0 Å². The monoisotopic (exact) mass is 805 g/mol. The molecule has 0 aromatic rings. The average molecular weight is 805 g/mol. The molecule has 0 aliphatic carbocycles. The lowest BCUT2D eigenvalue weighted by Gasteiger charge is -2.24. The quantitative estimate of drug-likeness (QED) is 0.0281. The normalized spacial score (nSPS) is 13.5. The van der Waals surface area contributed by atoms with Crippen molar-refractivity contribution in [1.29, 1.82) is 0 Å². The highest BCUT2D eigenvalue weighted by Crippen LogP contribution is 2.43. The van der Waals surface area contributed by atoms with Crippen molar-refractivity contribution in [2.24, 2.45) is 0 Å². The van der Waals surface area contributed by atoms with Crippen molar-refractivity contribution >= 4 is 19.8 Å². The molecule has 0 spiro atoms. The molecule has 0 saturated heterocycles. The number of phosphoric ester groups is 1. The summed E-state index contributed by atoms with van der Waals surface area (Å²) in [5.74, 6) is -0.787. The predicted molar refractivity (Wildman–Crippen MR) is 229 cm³/mol. The van der Waals surface area contributed by atoms with Crippen LogP contribution in [0.5, 0.6) is 0 Å². The molecule has 2 atom stereocenters. The van der Waals surface area contributed by atoms with Gasteiger partial charge < -0.3 is 18.9 Å². The third kappa shape index (κ3) is 42.4. The maximum absolute atomic E-state index is 12.7. The van der Waals surface area contributed by atoms with E-state index in [9.17, 15) is 19.0 Å².